The third-order valence-corrected chi connectivity index (χ3v) is 4.06. The van der Waals surface area contributed by atoms with Crippen LogP contribution in [0.5, 0.6) is 0 Å². The van der Waals surface area contributed by atoms with Crippen molar-refractivity contribution >= 4 is 11.8 Å². The van der Waals surface area contributed by atoms with Crippen LogP contribution in [0.3, 0.4) is 0 Å². The van der Waals surface area contributed by atoms with Crippen molar-refractivity contribution in [3.8, 4) is 0 Å². The van der Waals surface area contributed by atoms with E-state index in [0.29, 0.717) is 19.6 Å². The normalized spacial score (nSPS) is 23.0. The van der Waals surface area contributed by atoms with Crippen LogP contribution in [0.1, 0.15) is 25.1 Å². The topological polar surface area (TPSA) is 79.3 Å². The summed E-state index contributed by atoms with van der Waals surface area (Å²) in [5.41, 5.74) is 0. The maximum absolute atomic E-state index is 12.1. The van der Waals surface area contributed by atoms with Crippen molar-refractivity contribution in [1.29, 1.82) is 0 Å². The Morgan fingerprint density at radius 2 is 2.33 bits per heavy atom. The summed E-state index contributed by atoms with van der Waals surface area (Å²) >= 11 is 0. The highest BCUT2D eigenvalue weighted by Gasteiger charge is 2.24. The standard InChI is InChI=1S/C14H21N5O2/c20-13(17-11-3-1-2-4-16-14(11)21)10-18-7-8-19-6-5-15-12(19)9-18/h5-6,11H,1-4,7-10H2,(H,16,21)(H,17,20)/t11-/m1/s1. The van der Waals surface area contributed by atoms with Gasteiger partial charge in [-0.2, -0.15) is 0 Å². The van der Waals surface area contributed by atoms with E-state index in [2.05, 4.69) is 25.1 Å². The highest BCUT2D eigenvalue weighted by molar-refractivity contribution is 5.88. The molecule has 0 aromatic carbocycles. The average molecular weight is 291 g/mol. The van der Waals surface area contributed by atoms with Crippen molar-refractivity contribution in [3.05, 3.63) is 18.2 Å². The van der Waals surface area contributed by atoms with Gasteiger partial charge in [-0.05, 0) is 19.3 Å². The van der Waals surface area contributed by atoms with E-state index in [-0.39, 0.29) is 17.9 Å². The molecule has 3 heterocycles. The highest BCUT2D eigenvalue weighted by Crippen LogP contribution is 2.10. The maximum atomic E-state index is 12.1. The Bertz CT molecular complexity index is 527. The van der Waals surface area contributed by atoms with Gasteiger partial charge >= 0.3 is 0 Å². The lowest BCUT2D eigenvalue weighted by atomic mass is 10.1. The van der Waals surface area contributed by atoms with Crippen molar-refractivity contribution in [2.75, 3.05) is 19.6 Å². The Hall–Kier alpha value is -1.89. The number of fused-ring (bicyclic) bond motifs is 1. The molecule has 0 unspecified atom stereocenters. The molecule has 7 nitrogen and oxygen atoms in total. The van der Waals surface area contributed by atoms with Gasteiger partial charge in [-0.25, -0.2) is 4.98 Å². The first kappa shape index (κ1) is 14.1. The number of rotatable bonds is 3. The second-order valence-corrected chi connectivity index (χ2v) is 5.65. The van der Waals surface area contributed by atoms with Crippen LogP contribution in [-0.4, -0.2) is 51.9 Å². The maximum Gasteiger partial charge on any atom is 0.242 e. The minimum Gasteiger partial charge on any atom is -0.354 e. The Kier molecular flexibility index (Phi) is 4.19. The lowest BCUT2D eigenvalue weighted by Gasteiger charge is -2.27. The molecular formula is C14H21N5O2. The average Bonchev–Trinajstić information content (AvgIpc) is 2.84. The van der Waals surface area contributed by atoms with Gasteiger partial charge in [0.15, 0.2) is 0 Å². The smallest absolute Gasteiger partial charge is 0.242 e. The van der Waals surface area contributed by atoms with Crippen molar-refractivity contribution in [3.63, 3.8) is 0 Å². The van der Waals surface area contributed by atoms with Gasteiger partial charge in [0.05, 0.1) is 13.1 Å². The molecule has 1 saturated heterocycles. The fourth-order valence-corrected chi connectivity index (χ4v) is 2.88. The number of carbonyl (C=O) groups is 2. The Labute approximate surface area is 123 Å². The van der Waals surface area contributed by atoms with E-state index in [1.807, 2.05) is 6.20 Å². The third-order valence-electron chi connectivity index (χ3n) is 4.06. The zero-order valence-electron chi connectivity index (χ0n) is 12.0. The Morgan fingerprint density at radius 3 is 3.24 bits per heavy atom. The predicted octanol–water partition coefficient (Wildman–Crippen LogP) is -0.516. The first-order valence-electron chi connectivity index (χ1n) is 7.52. The van der Waals surface area contributed by atoms with Crippen LogP contribution in [0, 0.1) is 0 Å². The lowest BCUT2D eigenvalue weighted by Crippen LogP contribution is -2.49. The van der Waals surface area contributed by atoms with Gasteiger partial charge in [0.2, 0.25) is 11.8 Å². The van der Waals surface area contributed by atoms with E-state index in [1.54, 1.807) is 6.20 Å². The van der Waals surface area contributed by atoms with Crippen LogP contribution in [-0.2, 0) is 22.7 Å². The second-order valence-electron chi connectivity index (χ2n) is 5.65. The van der Waals surface area contributed by atoms with Crippen LogP contribution in [0.25, 0.3) is 0 Å². The largest absolute Gasteiger partial charge is 0.354 e. The van der Waals surface area contributed by atoms with Crippen molar-refractivity contribution in [2.45, 2.75) is 38.4 Å². The van der Waals surface area contributed by atoms with Crippen LogP contribution in [0.15, 0.2) is 12.4 Å². The second kappa shape index (κ2) is 6.26. The molecule has 2 amide bonds. The molecule has 3 rings (SSSR count). The van der Waals surface area contributed by atoms with Crippen LogP contribution in [0.4, 0.5) is 0 Å². The molecule has 0 bridgehead atoms. The van der Waals surface area contributed by atoms with Gasteiger partial charge in [0.1, 0.15) is 11.9 Å². The van der Waals surface area contributed by atoms with Gasteiger partial charge in [0.25, 0.3) is 0 Å². The number of hydrogen-bond donors (Lipinski definition) is 2. The molecule has 7 heteroatoms. The molecule has 2 aliphatic rings. The molecule has 0 radical (unpaired) electrons. The minimum absolute atomic E-state index is 0.0602. The SMILES string of the molecule is O=C(CN1CCn2ccnc2C1)N[C@@H]1CCCCNC1=O. The summed E-state index contributed by atoms with van der Waals surface area (Å²) in [6, 6.07) is -0.383. The minimum atomic E-state index is -0.383. The van der Waals surface area contributed by atoms with E-state index in [9.17, 15) is 9.59 Å². The van der Waals surface area contributed by atoms with Gasteiger partial charge in [0, 0.05) is 32.0 Å². The van der Waals surface area contributed by atoms with Gasteiger partial charge in [-0.15, -0.1) is 0 Å². The van der Waals surface area contributed by atoms with Crippen molar-refractivity contribution in [1.82, 2.24) is 25.1 Å². The van der Waals surface area contributed by atoms with Crippen LogP contribution < -0.4 is 10.6 Å². The first-order chi connectivity index (χ1) is 10.2. The fraction of sp³-hybridized carbons (Fsp3) is 0.643. The molecule has 0 saturated carbocycles. The van der Waals surface area contributed by atoms with E-state index >= 15 is 0 Å². The summed E-state index contributed by atoms with van der Waals surface area (Å²) in [6.07, 6.45) is 6.41. The molecule has 114 valence electrons. The number of aromatic nitrogens is 2. The van der Waals surface area contributed by atoms with Crippen LogP contribution in [0.2, 0.25) is 0 Å². The van der Waals surface area contributed by atoms with Gasteiger partial charge < -0.3 is 15.2 Å². The summed E-state index contributed by atoms with van der Waals surface area (Å²) < 4.78 is 2.10. The summed E-state index contributed by atoms with van der Waals surface area (Å²) in [5, 5.41) is 5.69. The van der Waals surface area contributed by atoms with Gasteiger partial charge in [-0.3, -0.25) is 14.5 Å². The summed E-state index contributed by atoms with van der Waals surface area (Å²) in [6.45, 7) is 3.38. The monoisotopic (exact) mass is 291 g/mol. The molecule has 1 fully saturated rings. The molecule has 1 aromatic rings. The Morgan fingerprint density at radius 1 is 1.43 bits per heavy atom. The Balaban J connectivity index is 1.51. The number of imidazole rings is 1. The van der Waals surface area contributed by atoms with E-state index in [4.69, 9.17) is 0 Å². The molecule has 0 aliphatic carbocycles. The third kappa shape index (κ3) is 3.41. The molecule has 21 heavy (non-hydrogen) atoms. The van der Waals surface area contributed by atoms with Crippen LogP contribution >= 0.6 is 0 Å². The van der Waals surface area contributed by atoms with Crippen molar-refractivity contribution < 1.29 is 9.59 Å². The predicted molar refractivity (Wildman–Crippen MR) is 76.3 cm³/mol. The number of nitrogens with zero attached hydrogens (tertiary/aromatic N) is 3. The zero-order chi connectivity index (χ0) is 14.7. The number of amides is 2. The summed E-state index contributed by atoms with van der Waals surface area (Å²) in [7, 11) is 0. The molecular weight excluding hydrogens is 270 g/mol. The molecule has 2 N–H and O–H groups in total. The van der Waals surface area contributed by atoms with Crippen molar-refractivity contribution in [2.24, 2.45) is 0 Å². The molecule has 2 aliphatic heterocycles. The first-order valence-corrected chi connectivity index (χ1v) is 7.52. The molecule has 1 atom stereocenters. The van der Waals surface area contributed by atoms with E-state index in [1.165, 1.54) is 0 Å². The number of nitrogens with one attached hydrogen (secondary N) is 2. The van der Waals surface area contributed by atoms with E-state index in [0.717, 1.165) is 38.2 Å². The number of hydrogen-bond acceptors (Lipinski definition) is 4. The summed E-state index contributed by atoms with van der Waals surface area (Å²) in [4.78, 5) is 30.3. The molecule has 1 aromatic heterocycles. The highest BCUT2D eigenvalue weighted by atomic mass is 16.2. The number of carbonyl (C=O) groups excluding carboxylic acids is 2. The summed E-state index contributed by atoms with van der Waals surface area (Å²) in [5.74, 6) is 0.841. The lowest BCUT2D eigenvalue weighted by molar-refractivity contribution is -0.129. The van der Waals surface area contributed by atoms with Gasteiger partial charge in [-0.1, -0.05) is 0 Å². The quantitative estimate of drug-likeness (QED) is 0.786. The fourth-order valence-electron chi connectivity index (χ4n) is 2.88. The van der Waals surface area contributed by atoms with E-state index < -0.39 is 0 Å². The molecule has 0 spiro atoms. The zero-order valence-corrected chi connectivity index (χ0v) is 12.0.